The zero-order valence-corrected chi connectivity index (χ0v) is 19.2. The van der Waals surface area contributed by atoms with Crippen molar-refractivity contribution in [1.29, 1.82) is 0 Å². The van der Waals surface area contributed by atoms with Gasteiger partial charge >= 0.3 is 0 Å². The first-order chi connectivity index (χ1) is 16.4. The zero-order chi connectivity index (χ0) is 24.2. The molecule has 0 aliphatic carbocycles. The molecule has 3 amide bonds. The summed E-state index contributed by atoms with van der Waals surface area (Å²) in [7, 11) is 2.95. The highest BCUT2D eigenvalue weighted by Gasteiger charge is 2.40. The number of thioether (sulfide) groups is 1. The van der Waals surface area contributed by atoms with Crippen LogP contribution in [0.4, 0.5) is 15.8 Å². The summed E-state index contributed by atoms with van der Waals surface area (Å²) in [5, 5.41) is 2.22. The Morgan fingerprint density at radius 2 is 1.59 bits per heavy atom. The van der Waals surface area contributed by atoms with Crippen molar-refractivity contribution >= 4 is 40.9 Å². The maximum absolute atomic E-state index is 13.2. The molecule has 9 heteroatoms. The molecule has 0 bridgehead atoms. The SMILES string of the molecule is COc1cccc(OC)c1C(=O)Nc1ccc(SC2CC(=O)N(c3ccc(F)cc3)C2=O)cc1. The van der Waals surface area contributed by atoms with Crippen molar-refractivity contribution in [3.05, 3.63) is 78.1 Å². The number of hydrogen-bond acceptors (Lipinski definition) is 6. The van der Waals surface area contributed by atoms with E-state index in [4.69, 9.17) is 9.47 Å². The standard InChI is InChI=1S/C25H21FN2O5S/c1-32-19-4-3-5-20(33-2)23(19)24(30)27-16-8-12-18(13-9-16)34-21-14-22(29)28(25(21)31)17-10-6-15(26)7-11-17/h3-13,21H,14H2,1-2H3,(H,27,30). The first-order valence-electron chi connectivity index (χ1n) is 10.3. The van der Waals surface area contributed by atoms with E-state index in [1.54, 1.807) is 42.5 Å². The van der Waals surface area contributed by atoms with E-state index in [0.717, 1.165) is 9.80 Å². The van der Waals surface area contributed by atoms with E-state index in [1.807, 2.05) is 0 Å². The van der Waals surface area contributed by atoms with Crippen molar-refractivity contribution in [3.8, 4) is 11.5 Å². The van der Waals surface area contributed by atoms with Crippen LogP contribution in [0.3, 0.4) is 0 Å². The highest BCUT2D eigenvalue weighted by atomic mass is 32.2. The summed E-state index contributed by atoms with van der Waals surface area (Å²) in [5.74, 6) is -0.726. The van der Waals surface area contributed by atoms with Crippen LogP contribution >= 0.6 is 11.8 Å². The quantitative estimate of drug-likeness (QED) is 0.501. The van der Waals surface area contributed by atoms with Crippen molar-refractivity contribution in [1.82, 2.24) is 0 Å². The Labute approximate surface area is 199 Å². The predicted molar refractivity (Wildman–Crippen MR) is 127 cm³/mol. The van der Waals surface area contributed by atoms with E-state index >= 15 is 0 Å². The van der Waals surface area contributed by atoms with Crippen LogP contribution in [-0.4, -0.2) is 37.2 Å². The molecule has 0 aromatic heterocycles. The second-order valence-electron chi connectivity index (χ2n) is 7.37. The van der Waals surface area contributed by atoms with Gasteiger partial charge in [-0.3, -0.25) is 14.4 Å². The third kappa shape index (κ3) is 4.74. The number of carbonyl (C=O) groups excluding carboxylic acids is 3. The van der Waals surface area contributed by atoms with E-state index in [1.165, 1.54) is 50.2 Å². The lowest BCUT2D eigenvalue weighted by molar-refractivity contribution is -0.121. The minimum absolute atomic E-state index is 0.0486. The first kappa shape index (κ1) is 23.3. The molecule has 0 spiro atoms. The van der Waals surface area contributed by atoms with Crippen LogP contribution < -0.4 is 19.7 Å². The number of imide groups is 1. The van der Waals surface area contributed by atoms with Crippen LogP contribution in [0.15, 0.2) is 71.6 Å². The maximum Gasteiger partial charge on any atom is 0.263 e. The number of benzene rings is 3. The minimum atomic E-state index is -0.587. The minimum Gasteiger partial charge on any atom is -0.496 e. The summed E-state index contributed by atoms with van der Waals surface area (Å²) in [6, 6.07) is 17.3. The molecular formula is C25H21FN2O5S. The Balaban J connectivity index is 1.44. The predicted octanol–water partition coefficient (Wildman–Crippen LogP) is 4.52. The van der Waals surface area contributed by atoms with Crippen LogP contribution in [0.25, 0.3) is 0 Å². The number of rotatable bonds is 7. The Kier molecular flexibility index (Phi) is 6.83. The molecule has 1 heterocycles. The van der Waals surface area contributed by atoms with Crippen LogP contribution in [0.5, 0.6) is 11.5 Å². The molecule has 1 atom stereocenters. The van der Waals surface area contributed by atoms with Crippen molar-refractivity contribution in [2.24, 2.45) is 0 Å². The summed E-state index contributed by atoms with van der Waals surface area (Å²) < 4.78 is 23.7. The van der Waals surface area contributed by atoms with Crippen molar-refractivity contribution in [2.45, 2.75) is 16.6 Å². The Bertz CT molecular complexity index is 1210. The number of nitrogens with one attached hydrogen (secondary N) is 1. The summed E-state index contributed by atoms with van der Waals surface area (Å²) in [5.41, 5.74) is 1.18. The van der Waals surface area contributed by atoms with Crippen LogP contribution in [0.2, 0.25) is 0 Å². The molecule has 7 nitrogen and oxygen atoms in total. The summed E-state index contributed by atoms with van der Waals surface area (Å²) in [4.78, 5) is 39.9. The van der Waals surface area contributed by atoms with Gasteiger partial charge in [-0.1, -0.05) is 6.07 Å². The van der Waals surface area contributed by atoms with Gasteiger partial charge in [0.2, 0.25) is 11.8 Å². The van der Waals surface area contributed by atoms with Gasteiger partial charge < -0.3 is 14.8 Å². The van der Waals surface area contributed by atoms with Gasteiger partial charge in [-0.15, -0.1) is 11.8 Å². The average Bonchev–Trinajstić information content (AvgIpc) is 3.12. The first-order valence-corrected chi connectivity index (χ1v) is 11.2. The van der Waals surface area contributed by atoms with E-state index in [-0.39, 0.29) is 29.7 Å². The van der Waals surface area contributed by atoms with Gasteiger partial charge in [-0.25, -0.2) is 9.29 Å². The molecule has 1 saturated heterocycles. The molecule has 4 rings (SSSR count). The van der Waals surface area contributed by atoms with Gasteiger partial charge in [0.1, 0.15) is 22.9 Å². The fourth-order valence-electron chi connectivity index (χ4n) is 3.61. The molecule has 1 aliphatic heterocycles. The number of amides is 3. The molecule has 1 N–H and O–H groups in total. The van der Waals surface area contributed by atoms with Crippen molar-refractivity contribution < 1.29 is 28.2 Å². The molecule has 1 unspecified atom stereocenters. The Morgan fingerprint density at radius 3 is 2.18 bits per heavy atom. The molecule has 1 aliphatic rings. The fraction of sp³-hybridized carbons (Fsp3) is 0.160. The Hall–Kier alpha value is -3.85. The molecule has 3 aromatic rings. The van der Waals surface area contributed by atoms with Gasteiger partial charge in [0.05, 0.1) is 25.2 Å². The number of hydrogen-bond donors (Lipinski definition) is 1. The number of ether oxygens (including phenoxy) is 2. The molecule has 34 heavy (non-hydrogen) atoms. The number of anilines is 2. The largest absolute Gasteiger partial charge is 0.496 e. The normalized spacial score (nSPS) is 15.4. The monoisotopic (exact) mass is 480 g/mol. The van der Waals surface area contributed by atoms with Crippen LogP contribution in [0.1, 0.15) is 16.8 Å². The van der Waals surface area contributed by atoms with E-state index < -0.39 is 11.1 Å². The van der Waals surface area contributed by atoms with Gasteiger partial charge in [0, 0.05) is 17.0 Å². The number of nitrogens with zero attached hydrogens (tertiary/aromatic N) is 1. The van der Waals surface area contributed by atoms with E-state index in [0.29, 0.717) is 22.9 Å². The van der Waals surface area contributed by atoms with E-state index in [2.05, 4.69) is 5.32 Å². The highest BCUT2D eigenvalue weighted by Crippen LogP contribution is 2.35. The number of methoxy groups -OCH3 is 2. The average molecular weight is 481 g/mol. The van der Waals surface area contributed by atoms with E-state index in [9.17, 15) is 18.8 Å². The molecule has 0 radical (unpaired) electrons. The van der Waals surface area contributed by atoms with Crippen molar-refractivity contribution in [2.75, 3.05) is 24.4 Å². The van der Waals surface area contributed by atoms with Gasteiger partial charge in [0.15, 0.2) is 0 Å². The molecular weight excluding hydrogens is 459 g/mol. The molecule has 3 aromatic carbocycles. The molecule has 174 valence electrons. The number of carbonyl (C=O) groups is 3. The lowest BCUT2D eigenvalue weighted by Crippen LogP contribution is -2.31. The zero-order valence-electron chi connectivity index (χ0n) is 18.4. The third-order valence-electron chi connectivity index (χ3n) is 5.24. The lowest BCUT2D eigenvalue weighted by Gasteiger charge is -2.15. The smallest absolute Gasteiger partial charge is 0.263 e. The maximum atomic E-state index is 13.2. The van der Waals surface area contributed by atoms with Gasteiger partial charge in [-0.05, 0) is 60.7 Å². The van der Waals surface area contributed by atoms with Gasteiger partial charge in [0.25, 0.3) is 5.91 Å². The Morgan fingerprint density at radius 1 is 0.971 bits per heavy atom. The lowest BCUT2D eigenvalue weighted by atomic mass is 10.1. The fourth-order valence-corrected chi connectivity index (χ4v) is 4.66. The van der Waals surface area contributed by atoms with Crippen molar-refractivity contribution in [3.63, 3.8) is 0 Å². The van der Waals surface area contributed by atoms with Crippen LogP contribution in [-0.2, 0) is 9.59 Å². The second-order valence-corrected chi connectivity index (χ2v) is 8.65. The summed E-state index contributed by atoms with van der Waals surface area (Å²) in [6.45, 7) is 0. The molecule has 0 saturated carbocycles. The third-order valence-corrected chi connectivity index (χ3v) is 6.43. The van der Waals surface area contributed by atoms with Crippen LogP contribution in [0, 0.1) is 5.82 Å². The molecule has 1 fully saturated rings. The summed E-state index contributed by atoms with van der Waals surface area (Å²) in [6.07, 6.45) is 0.0486. The topological polar surface area (TPSA) is 84.9 Å². The highest BCUT2D eigenvalue weighted by molar-refractivity contribution is 8.00. The second kappa shape index (κ2) is 9.96. The van der Waals surface area contributed by atoms with Gasteiger partial charge in [-0.2, -0.15) is 0 Å². The number of halogens is 1. The summed E-state index contributed by atoms with van der Waals surface area (Å²) >= 11 is 1.26.